The summed E-state index contributed by atoms with van der Waals surface area (Å²) in [5.41, 5.74) is 7.53. The number of ketones is 1. The molecule has 0 fully saturated rings. The van der Waals surface area contributed by atoms with Crippen LogP contribution in [0.1, 0.15) is 38.2 Å². The number of benzene rings is 5. The van der Waals surface area contributed by atoms with Gasteiger partial charge in [-0.15, -0.1) is 0 Å². The zero-order chi connectivity index (χ0) is 27.2. The number of anilines is 1. The first-order valence-corrected chi connectivity index (χ1v) is 14.9. The van der Waals surface area contributed by atoms with E-state index in [1.54, 1.807) is 11.8 Å². The number of rotatable bonds is 5. The zero-order valence-electron chi connectivity index (χ0n) is 21.9. The largest absolute Gasteiger partial charge is 0.286 e. The molecule has 0 N–H and O–H groups in total. The van der Waals surface area contributed by atoms with Gasteiger partial charge in [0, 0.05) is 11.1 Å². The molecule has 0 amide bonds. The first-order valence-electron chi connectivity index (χ1n) is 13.3. The zero-order valence-corrected chi connectivity index (χ0v) is 23.5. The average Bonchev–Trinajstić information content (AvgIpc) is 3.55. The predicted octanol–water partition coefficient (Wildman–Crippen LogP) is 8.59. The van der Waals surface area contributed by atoms with Gasteiger partial charge in [0.25, 0.3) is 0 Å². The molecule has 3 nitrogen and oxygen atoms in total. The van der Waals surface area contributed by atoms with Crippen LogP contribution in [0.3, 0.4) is 0 Å². The normalized spacial score (nSPS) is 18.9. The number of carbonyl (C=O) groups excluding carboxylic acids is 1. The maximum atomic E-state index is 13.8. The van der Waals surface area contributed by atoms with E-state index in [9.17, 15) is 4.79 Å². The highest BCUT2D eigenvalue weighted by molar-refractivity contribution is 8.27. The van der Waals surface area contributed by atoms with Crippen LogP contribution >= 0.6 is 23.5 Å². The second kappa shape index (κ2) is 9.84. The number of nitrogens with zero attached hydrogens (tertiary/aromatic N) is 2. The molecule has 194 valence electrons. The molecule has 0 unspecified atom stereocenters. The van der Waals surface area contributed by atoms with Gasteiger partial charge in [-0.1, -0.05) is 156 Å². The lowest BCUT2D eigenvalue weighted by Gasteiger charge is -2.37. The third-order valence-electron chi connectivity index (χ3n) is 7.51. The van der Waals surface area contributed by atoms with Crippen LogP contribution in [-0.4, -0.2) is 10.8 Å². The number of hydrogen-bond acceptors (Lipinski definition) is 5. The van der Waals surface area contributed by atoms with Gasteiger partial charge in [0.2, 0.25) is 5.78 Å². The van der Waals surface area contributed by atoms with Crippen LogP contribution in [0.5, 0.6) is 0 Å². The molecule has 0 radical (unpaired) electrons. The highest BCUT2D eigenvalue weighted by atomic mass is 32.2. The minimum Gasteiger partial charge on any atom is -0.286 e. The topological polar surface area (TPSA) is 32.7 Å². The molecule has 1 atom stereocenters. The van der Waals surface area contributed by atoms with Crippen LogP contribution in [-0.2, 0) is 8.95 Å². The lowest BCUT2D eigenvalue weighted by Crippen LogP contribution is -2.34. The maximum Gasteiger partial charge on any atom is 0.219 e. The van der Waals surface area contributed by atoms with E-state index in [1.165, 1.54) is 22.3 Å². The van der Waals surface area contributed by atoms with Crippen LogP contribution in [0, 0.1) is 6.92 Å². The standard InChI is InChI=1S/C35H26N2OS2/c1-25-21-23-29(24-22-25)37-35(39-33(36-37)32(38)26-13-5-2-6-14-26)31-20-12-11-19-30(31)34(40-35,27-15-7-3-8-16-27)28-17-9-4-10-18-28/h2-24H,1H3/t35-/m1/s1. The molecule has 0 aromatic heterocycles. The third kappa shape index (κ3) is 3.84. The smallest absolute Gasteiger partial charge is 0.219 e. The number of hydrazone groups is 1. The van der Waals surface area contributed by atoms with E-state index < -0.39 is 8.95 Å². The van der Waals surface area contributed by atoms with Gasteiger partial charge in [-0.3, -0.25) is 4.79 Å². The number of fused-ring (bicyclic) bond motifs is 2. The van der Waals surface area contributed by atoms with Crippen molar-refractivity contribution in [2.45, 2.75) is 15.9 Å². The monoisotopic (exact) mass is 554 g/mol. The Morgan fingerprint density at radius 1 is 0.650 bits per heavy atom. The second-order valence-corrected chi connectivity index (χ2v) is 12.8. The molecule has 1 spiro atoms. The molecule has 5 aromatic carbocycles. The van der Waals surface area contributed by atoms with Gasteiger partial charge >= 0.3 is 0 Å². The summed E-state index contributed by atoms with van der Waals surface area (Å²) in [5, 5.41) is 7.66. The Morgan fingerprint density at radius 2 is 1.18 bits per heavy atom. The van der Waals surface area contributed by atoms with Crippen LogP contribution in [0.15, 0.2) is 145 Å². The Balaban J connectivity index is 1.47. The number of carbonyl (C=O) groups is 1. The summed E-state index contributed by atoms with van der Waals surface area (Å²) >= 11 is 3.40. The van der Waals surface area contributed by atoms with E-state index >= 15 is 0 Å². The summed E-state index contributed by atoms with van der Waals surface area (Å²) in [6, 6.07) is 47.9. The third-order valence-corrected chi connectivity index (χ3v) is 10.8. The van der Waals surface area contributed by atoms with E-state index in [1.807, 2.05) is 42.1 Å². The first-order chi connectivity index (χ1) is 19.6. The molecular formula is C35H26N2OS2. The summed E-state index contributed by atoms with van der Waals surface area (Å²) < 4.78 is -1.20. The Kier molecular flexibility index (Phi) is 6.14. The number of aryl methyl sites for hydroxylation is 1. The lowest BCUT2D eigenvalue weighted by atomic mass is 9.82. The van der Waals surface area contributed by atoms with Crippen molar-refractivity contribution in [2.24, 2.45) is 5.10 Å². The predicted molar refractivity (Wildman–Crippen MR) is 168 cm³/mol. The maximum absolute atomic E-state index is 13.8. The van der Waals surface area contributed by atoms with E-state index in [0.717, 1.165) is 11.3 Å². The fourth-order valence-electron chi connectivity index (χ4n) is 5.63. The fraction of sp³-hybridized carbons (Fsp3) is 0.0857. The minimum absolute atomic E-state index is 0.0606. The molecule has 40 heavy (non-hydrogen) atoms. The van der Waals surface area contributed by atoms with Gasteiger partial charge in [0.15, 0.2) is 9.25 Å². The fourth-order valence-corrected chi connectivity index (χ4v) is 9.25. The number of hydrogen-bond donors (Lipinski definition) is 0. The summed E-state index contributed by atoms with van der Waals surface area (Å²) in [6.07, 6.45) is 0. The Bertz CT molecular complexity index is 1680. The molecule has 0 saturated carbocycles. The molecule has 5 aromatic rings. The van der Waals surface area contributed by atoms with Crippen LogP contribution < -0.4 is 5.01 Å². The van der Waals surface area contributed by atoms with Gasteiger partial charge in [-0.2, -0.15) is 5.10 Å². The minimum atomic E-state index is -0.697. The highest BCUT2D eigenvalue weighted by Gasteiger charge is 2.61. The van der Waals surface area contributed by atoms with Gasteiger partial charge in [-0.25, -0.2) is 5.01 Å². The number of Topliss-reactive ketones (excluding diaryl/α,β-unsaturated/α-hetero) is 1. The van der Waals surface area contributed by atoms with E-state index in [0.29, 0.717) is 10.6 Å². The van der Waals surface area contributed by atoms with Gasteiger partial charge in [-0.05, 0) is 35.7 Å². The van der Waals surface area contributed by atoms with Crippen LogP contribution in [0.2, 0.25) is 0 Å². The molecule has 2 aliphatic heterocycles. The van der Waals surface area contributed by atoms with Crippen molar-refractivity contribution < 1.29 is 4.79 Å². The van der Waals surface area contributed by atoms with Crippen molar-refractivity contribution in [3.63, 3.8) is 0 Å². The van der Waals surface area contributed by atoms with Gasteiger partial charge in [0.1, 0.15) is 0 Å². The van der Waals surface area contributed by atoms with Crippen molar-refractivity contribution in [3.05, 3.63) is 173 Å². The Morgan fingerprint density at radius 3 is 1.77 bits per heavy atom. The molecule has 0 saturated heterocycles. The first kappa shape index (κ1) is 24.9. The highest BCUT2D eigenvalue weighted by Crippen LogP contribution is 2.70. The quantitative estimate of drug-likeness (QED) is 0.204. The summed E-state index contributed by atoms with van der Waals surface area (Å²) in [5.74, 6) is -0.0606. The molecule has 0 aliphatic carbocycles. The average molecular weight is 555 g/mol. The van der Waals surface area contributed by atoms with E-state index in [-0.39, 0.29) is 5.78 Å². The van der Waals surface area contributed by atoms with E-state index in [4.69, 9.17) is 5.10 Å². The molecule has 0 bridgehead atoms. The van der Waals surface area contributed by atoms with Crippen LogP contribution in [0.4, 0.5) is 5.69 Å². The van der Waals surface area contributed by atoms with Crippen molar-refractivity contribution >= 4 is 40.0 Å². The Labute approximate surface area is 243 Å². The molecular weight excluding hydrogens is 529 g/mol. The van der Waals surface area contributed by atoms with Crippen molar-refractivity contribution in [1.82, 2.24) is 0 Å². The Hall–Kier alpha value is -4.06. The summed E-state index contributed by atoms with van der Waals surface area (Å²) in [6.45, 7) is 2.08. The van der Waals surface area contributed by atoms with Crippen molar-refractivity contribution in [2.75, 3.05) is 5.01 Å². The molecule has 7 rings (SSSR count). The summed E-state index contributed by atoms with van der Waals surface area (Å²) in [7, 11) is 0. The van der Waals surface area contributed by atoms with Gasteiger partial charge < -0.3 is 0 Å². The SMILES string of the molecule is Cc1ccc(N2N=C(C(=O)c3ccccc3)S[C@]23SC(c2ccccc2)(c2ccccc2)c2ccccc23)cc1. The summed E-state index contributed by atoms with van der Waals surface area (Å²) in [4.78, 5) is 13.8. The van der Waals surface area contributed by atoms with E-state index in [2.05, 4.69) is 121 Å². The molecule has 5 heteroatoms. The lowest BCUT2D eigenvalue weighted by molar-refractivity contribution is 0.106. The van der Waals surface area contributed by atoms with Crippen LogP contribution in [0.25, 0.3) is 0 Å². The number of thioether (sulfide) groups is 2. The molecule has 2 heterocycles. The van der Waals surface area contributed by atoms with Crippen molar-refractivity contribution in [1.29, 1.82) is 0 Å². The second-order valence-electron chi connectivity index (χ2n) is 9.99. The van der Waals surface area contributed by atoms with Gasteiger partial charge in [0.05, 0.1) is 10.4 Å². The van der Waals surface area contributed by atoms with Crippen molar-refractivity contribution in [3.8, 4) is 0 Å². The molecule has 2 aliphatic rings.